The van der Waals surface area contributed by atoms with Crippen molar-refractivity contribution in [3.05, 3.63) is 18.3 Å². The van der Waals surface area contributed by atoms with E-state index in [1.807, 2.05) is 32.9 Å². The van der Waals surface area contributed by atoms with Gasteiger partial charge >= 0.3 is 12.2 Å². The predicted octanol–water partition coefficient (Wildman–Crippen LogP) is 3.65. The van der Waals surface area contributed by atoms with Gasteiger partial charge < -0.3 is 19.3 Å². The molecule has 0 aliphatic carbocycles. The molecule has 1 aromatic rings. The van der Waals surface area contributed by atoms with Crippen molar-refractivity contribution in [3.63, 3.8) is 0 Å². The predicted molar refractivity (Wildman–Crippen MR) is 111 cm³/mol. The fourth-order valence-corrected chi connectivity index (χ4v) is 3.48. The number of rotatable bonds is 5. The van der Waals surface area contributed by atoms with Crippen LogP contribution >= 0.6 is 0 Å². The molecule has 0 bridgehead atoms. The molecule has 29 heavy (non-hydrogen) atoms. The zero-order valence-electron chi connectivity index (χ0n) is 17.9. The van der Waals surface area contributed by atoms with Crippen molar-refractivity contribution in [2.75, 3.05) is 42.5 Å². The number of hydrogen-bond donors (Lipinski definition) is 0. The summed E-state index contributed by atoms with van der Waals surface area (Å²) in [6.45, 7) is 10.9. The molecule has 2 aliphatic heterocycles. The lowest BCUT2D eigenvalue weighted by atomic mass is 10.1. The highest BCUT2D eigenvalue weighted by Crippen LogP contribution is 2.25. The summed E-state index contributed by atoms with van der Waals surface area (Å²) in [5.74, 6) is 0.840. The summed E-state index contributed by atoms with van der Waals surface area (Å²) in [6, 6.07) is 3.83. The number of hydrogen-bond acceptors (Lipinski definition) is 6. The van der Waals surface area contributed by atoms with Gasteiger partial charge in [0.2, 0.25) is 0 Å². The molecule has 160 valence electrons. The number of unbranched alkanes of at least 4 members (excludes halogenated alkanes) is 1. The molecule has 2 aliphatic rings. The van der Waals surface area contributed by atoms with Crippen molar-refractivity contribution < 1.29 is 19.1 Å². The quantitative estimate of drug-likeness (QED) is 0.746. The van der Waals surface area contributed by atoms with Gasteiger partial charge in [0.15, 0.2) is 0 Å². The molecule has 1 aromatic heterocycles. The fraction of sp³-hybridized carbons (Fsp3) is 0.667. The number of carbonyl (C=O) groups is 2. The second-order valence-corrected chi connectivity index (χ2v) is 8.59. The zero-order chi connectivity index (χ0) is 21.0. The Labute approximate surface area is 172 Å². The Morgan fingerprint density at radius 2 is 1.97 bits per heavy atom. The Hall–Kier alpha value is -2.51. The first kappa shape index (κ1) is 21.2. The van der Waals surface area contributed by atoms with Gasteiger partial charge in [-0.3, -0.25) is 4.90 Å². The third-order valence-electron chi connectivity index (χ3n) is 5.05. The summed E-state index contributed by atoms with van der Waals surface area (Å²) in [7, 11) is 0. The largest absolute Gasteiger partial charge is 0.444 e. The second-order valence-electron chi connectivity index (χ2n) is 8.59. The molecule has 2 amide bonds. The maximum Gasteiger partial charge on any atom is 0.414 e. The van der Waals surface area contributed by atoms with Crippen LogP contribution in [-0.4, -0.2) is 66.5 Å². The van der Waals surface area contributed by atoms with E-state index in [1.165, 1.54) is 0 Å². The Kier molecular flexibility index (Phi) is 6.49. The highest BCUT2D eigenvalue weighted by molar-refractivity contribution is 5.89. The second kappa shape index (κ2) is 8.88. The first-order chi connectivity index (χ1) is 13.8. The van der Waals surface area contributed by atoms with Crippen molar-refractivity contribution in [1.82, 2.24) is 9.88 Å². The molecular weight excluding hydrogens is 372 g/mol. The third kappa shape index (κ3) is 5.52. The number of amides is 2. The molecular formula is C21H32N4O4. The summed E-state index contributed by atoms with van der Waals surface area (Å²) in [5.41, 5.74) is 0.267. The Balaban J connectivity index is 1.54. The van der Waals surface area contributed by atoms with Crippen LogP contribution < -0.4 is 9.80 Å². The first-order valence-corrected chi connectivity index (χ1v) is 10.4. The van der Waals surface area contributed by atoms with E-state index in [-0.39, 0.29) is 18.3 Å². The van der Waals surface area contributed by atoms with E-state index >= 15 is 0 Å². The summed E-state index contributed by atoms with van der Waals surface area (Å²) in [4.78, 5) is 34.4. The molecule has 8 heteroatoms. The summed E-state index contributed by atoms with van der Waals surface area (Å²) >= 11 is 0. The lowest BCUT2D eigenvalue weighted by Gasteiger charge is -2.36. The number of piperazine rings is 1. The van der Waals surface area contributed by atoms with Gasteiger partial charge in [0, 0.05) is 26.2 Å². The van der Waals surface area contributed by atoms with Gasteiger partial charge in [-0.25, -0.2) is 14.6 Å². The molecule has 1 unspecified atom stereocenters. The Morgan fingerprint density at radius 3 is 2.55 bits per heavy atom. The van der Waals surface area contributed by atoms with Gasteiger partial charge in [-0.15, -0.1) is 0 Å². The van der Waals surface area contributed by atoms with E-state index < -0.39 is 5.60 Å². The topological polar surface area (TPSA) is 75.2 Å². The molecule has 0 spiro atoms. The van der Waals surface area contributed by atoms with Crippen LogP contribution in [0.4, 0.5) is 21.1 Å². The van der Waals surface area contributed by atoms with Crippen LogP contribution in [-0.2, 0) is 9.47 Å². The molecule has 0 saturated carbocycles. The maximum atomic E-state index is 12.2. The van der Waals surface area contributed by atoms with Crippen molar-refractivity contribution in [3.8, 4) is 0 Å². The van der Waals surface area contributed by atoms with Crippen molar-refractivity contribution in [2.45, 2.75) is 58.7 Å². The van der Waals surface area contributed by atoms with Crippen LogP contribution in [0.5, 0.6) is 0 Å². The summed E-state index contributed by atoms with van der Waals surface area (Å²) in [6.07, 6.45) is 4.15. The summed E-state index contributed by atoms with van der Waals surface area (Å²) < 4.78 is 10.9. The number of nitrogens with zero attached hydrogens (tertiary/aromatic N) is 4. The highest BCUT2D eigenvalue weighted by atomic mass is 16.6. The minimum absolute atomic E-state index is 0.0388. The summed E-state index contributed by atoms with van der Waals surface area (Å²) in [5, 5.41) is 0. The third-order valence-corrected chi connectivity index (χ3v) is 5.05. The fourth-order valence-electron chi connectivity index (χ4n) is 3.48. The number of cyclic esters (lactones) is 1. The smallest absolute Gasteiger partial charge is 0.414 e. The Morgan fingerprint density at radius 1 is 1.24 bits per heavy atom. The molecule has 3 rings (SSSR count). The average molecular weight is 405 g/mol. The number of aromatic nitrogens is 1. The normalized spacial score (nSPS) is 20.1. The van der Waals surface area contributed by atoms with Crippen LogP contribution in [0, 0.1) is 0 Å². The van der Waals surface area contributed by atoms with E-state index in [2.05, 4.69) is 16.8 Å². The van der Waals surface area contributed by atoms with Crippen molar-refractivity contribution >= 4 is 23.7 Å². The van der Waals surface area contributed by atoms with Crippen molar-refractivity contribution in [1.29, 1.82) is 0 Å². The first-order valence-electron chi connectivity index (χ1n) is 10.4. The zero-order valence-corrected chi connectivity index (χ0v) is 17.9. The number of anilines is 2. The lowest BCUT2D eigenvalue weighted by Crippen LogP contribution is -2.50. The SMILES string of the molecule is CCCCC1CN(c2ccc(N3CCN(C(=O)OC(C)(C)C)CC3)nc2)C(=O)O1. The average Bonchev–Trinajstić information content (AvgIpc) is 3.06. The van der Waals surface area contributed by atoms with Crippen LogP contribution in [0.2, 0.25) is 0 Å². The molecule has 0 aromatic carbocycles. The van der Waals surface area contributed by atoms with Gasteiger partial charge in [-0.1, -0.05) is 13.3 Å². The number of carbonyl (C=O) groups excluding carboxylic acids is 2. The molecule has 8 nitrogen and oxygen atoms in total. The van der Waals surface area contributed by atoms with Crippen LogP contribution in [0.1, 0.15) is 47.0 Å². The van der Waals surface area contributed by atoms with Crippen LogP contribution in [0.25, 0.3) is 0 Å². The molecule has 3 heterocycles. The van der Waals surface area contributed by atoms with Gasteiger partial charge in [0.25, 0.3) is 0 Å². The van der Waals surface area contributed by atoms with E-state index in [4.69, 9.17) is 9.47 Å². The van der Waals surface area contributed by atoms with E-state index in [0.717, 1.165) is 30.8 Å². The minimum Gasteiger partial charge on any atom is -0.444 e. The lowest BCUT2D eigenvalue weighted by molar-refractivity contribution is 0.0240. The minimum atomic E-state index is -0.488. The van der Waals surface area contributed by atoms with E-state index in [9.17, 15) is 9.59 Å². The van der Waals surface area contributed by atoms with Crippen LogP contribution in [0.3, 0.4) is 0 Å². The van der Waals surface area contributed by atoms with Gasteiger partial charge in [-0.2, -0.15) is 0 Å². The number of pyridine rings is 1. The molecule has 2 fully saturated rings. The monoisotopic (exact) mass is 404 g/mol. The van der Waals surface area contributed by atoms with E-state index in [0.29, 0.717) is 32.7 Å². The van der Waals surface area contributed by atoms with Gasteiger partial charge in [-0.05, 0) is 45.7 Å². The number of ether oxygens (including phenoxy) is 2. The molecule has 0 radical (unpaired) electrons. The highest BCUT2D eigenvalue weighted by Gasteiger charge is 2.32. The van der Waals surface area contributed by atoms with Gasteiger partial charge in [0.1, 0.15) is 17.5 Å². The molecule has 1 atom stereocenters. The van der Waals surface area contributed by atoms with Crippen LogP contribution in [0.15, 0.2) is 18.3 Å². The standard InChI is InChI=1S/C21H32N4O4/c1-5-6-7-17-15-25(20(27)28-17)16-8-9-18(22-14-16)23-10-12-24(13-11-23)19(26)29-21(2,3)4/h8-9,14,17H,5-7,10-13,15H2,1-4H3. The van der Waals surface area contributed by atoms with Gasteiger partial charge in [0.05, 0.1) is 18.4 Å². The maximum absolute atomic E-state index is 12.2. The van der Waals surface area contributed by atoms with Crippen molar-refractivity contribution in [2.24, 2.45) is 0 Å². The van der Waals surface area contributed by atoms with E-state index in [1.54, 1.807) is 16.0 Å². The molecule has 0 N–H and O–H groups in total. The Bertz CT molecular complexity index is 708. The molecule has 2 saturated heterocycles.